The Morgan fingerprint density at radius 2 is 1.94 bits per heavy atom. The molecule has 0 radical (unpaired) electrons. The first kappa shape index (κ1) is 12.5. The van der Waals surface area contributed by atoms with Crippen LogP contribution in [0.25, 0.3) is 5.69 Å². The van der Waals surface area contributed by atoms with Crippen LogP contribution in [0, 0.1) is 5.92 Å². The van der Waals surface area contributed by atoms with Crippen molar-refractivity contribution in [2.24, 2.45) is 5.92 Å². The SMILES string of the molecule is CCc1nnnn1-c1ccc(OCC(C)C)cc1. The smallest absolute Gasteiger partial charge is 0.156 e. The largest absolute Gasteiger partial charge is 0.493 e. The molecule has 0 unspecified atom stereocenters. The fourth-order valence-corrected chi connectivity index (χ4v) is 1.57. The van der Waals surface area contributed by atoms with Gasteiger partial charge >= 0.3 is 0 Å². The number of rotatable bonds is 5. The van der Waals surface area contributed by atoms with Gasteiger partial charge in [0.2, 0.25) is 0 Å². The number of hydrogen-bond acceptors (Lipinski definition) is 4. The van der Waals surface area contributed by atoms with Crippen LogP contribution in [0.1, 0.15) is 26.6 Å². The molecule has 18 heavy (non-hydrogen) atoms. The topological polar surface area (TPSA) is 52.8 Å². The number of benzene rings is 1. The molecular weight excluding hydrogens is 228 g/mol. The number of nitrogens with zero attached hydrogens (tertiary/aromatic N) is 4. The van der Waals surface area contributed by atoms with Crippen molar-refractivity contribution in [2.45, 2.75) is 27.2 Å². The van der Waals surface area contributed by atoms with Crippen LogP contribution in [0.4, 0.5) is 0 Å². The van der Waals surface area contributed by atoms with Crippen molar-refractivity contribution in [1.29, 1.82) is 0 Å². The molecule has 2 rings (SSSR count). The molecule has 1 aromatic heterocycles. The standard InChI is InChI=1S/C13H18N4O/c1-4-13-14-15-16-17(13)11-5-7-12(8-6-11)18-9-10(2)3/h5-8,10H,4,9H2,1-3H3. The monoisotopic (exact) mass is 246 g/mol. The van der Waals surface area contributed by atoms with Crippen LogP contribution in [0.2, 0.25) is 0 Å². The minimum absolute atomic E-state index is 0.524. The lowest BCUT2D eigenvalue weighted by Gasteiger charge is -2.09. The van der Waals surface area contributed by atoms with Crippen molar-refractivity contribution in [3.63, 3.8) is 0 Å². The van der Waals surface area contributed by atoms with E-state index in [0.29, 0.717) is 5.92 Å². The molecule has 0 N–H and O–H groups in total. The highest BCUT2D eigenvalue weighted by Gasteiger charge is 2.06. The predicted molar refractivity (Wildman–Crippen MR) is 68.9 cm³/mol. The fraction of sp³-hybridized carbons (Fsp3) is 0.462. The molecule has 0 aliphatic rings. The van der Waals surface area contributed by atoms with Gasteiger partial charge in [0.15, 0.2) is 5.82 Å². The Morgan fingerprint density at radius 3 is 2.56 bits per heavy atom. The van der Waals surface area contributed by atoms with Gasteiger partial charge in [-0.25, -0.2) is 0 Å². The second kappa shape index (κ2) is 5.62. The molecule has 0 saturated heterocycles. The first-order valence-electron chi connectivity index (χ1n) is 6.21. The van der Waals surface area contributed by atoms with Gasteiger partial charge < -0.3 is 4.74 Å². The van der Waals surface area contributed by atoms with Crippen molar-refractivity contribution in [2.75, 3.05) is 6.61 Å². The Labute approximate surface area is 107 Å². The Kier molecular flexibility index (Phi) is 3.92. The quantitative estimate of drug-likeness (QED) is 0.812. The molecule has 0 amide bonds. The third-order valence-corrected chi connectivity index (χ3v) is 2.51. The van der Waals surface area contributed by atoms with E-state index in [1.54, 1.807) is 4.68 Å². The summed E-state index contributed by atoms with van der Waals surface area (Å²) < 4.78 is 7.38. The highest BCUT2D eigenvalue weighted by atomic mass is 16.5. The summed E-state index contributed by atoms with van der Waals surface area (Å²) in [4.78, 5) is 0. The van der Waals surface area contributed by atoms with Crippen molar-refractivity contribution < 1.29 is 4.74 Å². The zero-order valence-electron chi connectivity index (χ0n) is 11.0. The Morgan fingerprint density at radius 1 is 1.22 bits per heavy atom. The fourth-order valence-electron chi connectivity index (χ4n) is 1.57. The number of ether oxygens (including phenoxy) is 1. The van der Waals surface area contributed by atoms with Crippen LogP contribution in [-0.4, -0.2) is 26.8 Å². The molecule has 0 saturated carbocycles. The van der Waals surface area contributed by atoms with E-state index < -0.39 is 0 Å². The molecule has 0 spiro atoms. The summed E-state index contributed by atoms with van der Waals surface area (Å²) in [7, 11) is 0. The number of tetrazole rings is 1. The molecule has 1 heterocycles. The van der Waals surface area contributed by atoms with Crippen molar-refractivity contribution in [1.82, 2.24) is 20.2 Å². The molecule has 5 nitrogen and oxygen atoms in total. The minimum atomic E-state index is 0.524. The summed E-state index contributed by atoms with van der Waals surface area (Å²) in [5.74, 6) is 2.25. The maximum Gasteiger partial charge on any atom is 0.156 e. The lowest BCUT2D eigenvalue weighted by atomic mass is 10.2. The third kappa shape index (κ3) is 2.85. The van der Waals surface area contributed by atoms with Gasteiger partial charge in [-0.05, 0) is 40.6 Å². The Balaban J connectivity index is 2.12. The predicted octanol–water partition coefficient (Wildman–Crippen LogP) is 2.26. The van der Waals surface area contributed by atoms with E-state index >= 15 is 0 Å². The van der Waals surface area contributed by atoms with Gasteiger partial charge in [0.05, 0.1) is 12.3 Å². The molecule has 0 aliphatic heterocycles. The van der Waals surface area contributed by atoms with E-state index in [4.69, 9.17) is 4.74 Å². The Bertz CT molecular complexity index is 490. The van der Waals surface area contributed by atoms with Gasteiger partial charge in [0.1, 0.15) is 5.75 Å². The lowest BCUT2D eigenvalue weighted by molar-refractivity contribution is 0.271. The van der Waals surface area contributed by atoms with E-state index in [0.717, 1.165) is 30.3 Å². The van der Waals surface area contributed by atoms with E-state index in [1.807, 2.05) is 31.2 Å². The summed E-state index contributed by atoms with van der Waals surface area (Å²) >= 11 is 0. The van der Waals surface area contributed by atoms with Gasteiger partial charge in [-0.2, -0.15) is 4.68 Å². The second-order valence-corrected chi connectivity index (χ2v) is 4.56. The number of aryl methyl sites for hydroxylation is 1. The molecular formula is C13H18N4O. The van der Waals surface area contributed by atoms with E-state index in [9.17, 15) is 0 Å². The van der Waals surface area contributed by atoms with Crippen molar-refractivity contribution in [3.05, 3.63) is 30.1 Å². The summed E-state index contributed by atoms with van der Waals surface area (Å²) in [6.07, 6.45) is 0.804. The zero-order valence-corrected chi connectivity index (χ0v) is 11.0. The average molecular weight is 246 g/mol. The van der Waals surface area contributed by atoms with Gasteiger partial charge in [-0.3, -0.25) is 0 Å². The molecule has 0 fully saturated rings. The van der Waals surface area contributed by atoms with Gasteiger partial charge in [-0.1, -0.05) is 20.8 Å². The Hall–Kier alpha value is -1.91. The second-order valence-electron chi connectivity index (χ2n) is 4.56. The molecule has 2 aromatic rings. The maximum absolute atomic E-state index is 5.64. The summed E-state index contributed by atoms with van der Waals surface area (Å²) in [5, 5.41) is 11.6. The highest BCUT2D eigenvalue weighted by Crippen LogP contribution is 2.16. The number of aromatic nitrogens is 4. The molecule has 0 bridgehead atoms. The molecule has 5 heteroatoms. The molecule has 96 valence electrons. The highest BCUT2D eigenvalue weighted by molar-refractivity contribution is 5.37. The normalized spacial score (nSPS) is 10.9. The van der Waals surface area contributed by atoms with Gasteiger partial charge in [0.25, 0.3) is 0 Å². The van der Waals surface area contributed by atoms with Crippen molar-refractivity contribution in [3.8, 4) is 11.4 Å². The van der Waals surface area contributed by atoms with E-state index in [2.05, 4.69) is 29.4 Å². The van der Waals surface area contributed by atoms with Crippen LogP contribution in [0.5, 0.6) is 5.75 Å². The van der Waals surface area contributed by atoms with Crippen LogP contribution in [0.15, 0.2) is 24.3 Å². The van der Waals surface area contributed by atoms with Gasteiger partial charge in [-0.15, -0.1) is 5.10 Å². The van der Waals surface area contributed by atoms with E-state index in [-0.39, 0.29) is 0 Å². The minimum Gasteiger partial charge on any atom is -0.493 e. The van der Waals surface area contributed by atoms with Crippen LogP contribution in [-0.2, 0) is 6.42 Å². The van der Waals surface area contributed by atoms with Gasteiger partial charge in [0, 0.05) is 6.42 Å². The summed E-state index contributed by atoms with van der Waals surface area (Å²) in [5.41, 5.74) is 0.953. The molecule has 1 aromatic carbocycles. The van der Waals surface area contributed by atoms with E-state index in [1.165, 1.54) is 0 Å². The zero-order chi connectivity index (χ0) is 13.0. The summed E-state index contributed by atoms with van der Waals surface area (Å²) in [6.45, 7) is 7.01. The van der Waals surface area contributed by atoms with Crippen LogP contribution >= 0.6 is 0 Å². The number of hydrogen-bond donors (Lipinski definition) is 0. The maximum atomic E-state index is 5.64. The third-order valence-electron chi connectivity index (χ3n) is 2.51. The molecule has 0 atom stereocenters. The lowest BCUT2D eigenvalue weighted by Crippen LogP contribution is -2.05. The van der Waals surface area contributed by atoms with Crippen LogP contribution in [0.3, 0.4) is 0 Å². The van der Waals surface area contributed by atoms with Crippen LogP contribution < -0.4 is 4.74 Å². The first-order valence-corrected chi connectivity index (χ1v) is 6.21. The average Bonchev–Trinajstić information content (AvgIpc) is 2.85. The van der Waals surface area contributed by atoms with Crippen molar-refractivity contribution >= 4 is 0 Å². The summed E-state index contributed by atoms with van der Waals surface area (Å²) in [6, 6.07) is 7.81. The molecule has 0 aliphatic carbocycles. The first-order chi connectivity index (χ1) is 8.70.